The van der Waals surface area contributed by atoms with Gasteiger partial charge in [0.1, 0.15) is 18.1 Å². The minimum Gasteiger partial charge on any atom is -0.508 e. The maximum absolute atomic E-state index is 11.5. The van der Waals surface area contributed by atoms with Crippen LogP contribution in [-0.2, 0) is 15.1 Å². The molecule has 1 aliphatic heterocycles. The molecule has 3 N–H and O–H groups in total. The summed E-state index contributed by atoms with van der Waals surface area (Å²) in [5.74, 6) is -0.0577. The van der Waals surface area contributed by atoms with Crippen molar-refractivity contribution >= 4 is 5.97 Å². The Morgan fingerprint density at radius 1 is 1.67 bits per heavy atom. The molecule has 0 fully saturated rings. The Hall–Kier alpha value is -1.75. The van der Waals surface area contributed by atoms with Gasteiger partial charge in [0.25, 0.3) is 0 Å². The van der Waals surface area contributed by atoms with E-state index in [-0.39, 0.29) is 12.4 Å². The lowest BCUT2D eigenvalue weighted by atomic mass is 9.93. The molecule has 0 saturated heterocycles. The molecule has 1 aromatic rings. The van der Waals surface area contributed by atoms with E-state index >= 15 is 0 Å². The van der Waals surface area contributed by atoms with Gasteiger partial charge in [-0.1, -0.05) is 0 Å². The SMILES string of the molecule is COC(=O)C1(N)COc2cc(O)ccc21. The van der Waals surface area contributed by atoms with Crippen LogP contribution in [0.1, 0.15) is 5.56 Å². The third-order valence-corrected chi connectivity index (χ3v) is 2.45. The molecule has 0 saturated carbocycles. The van der Waals surface area contributed by atoms with E-state index in [9.17, 15) is 9.90 Å². The van der Waals surface area contributed by atoms with Crippen LogP contribution in [-0.4, -0.2) is 24.8 Å². The number of ether oxygens (including phenoxy) is 2. The number of aromatic hydroxyl groups is 1. The van der Waals surface area contributed by atoms with Crippen LogP contribution in [0.25, 0.3) is 0 Å². The van der Waals surface area contributed by atoms with Gasteiger partial charge in [-0.25, -0.2) is 4.79 Å². The van der Waals surface area contributed by atoms with E-state index in [2.05, 4.69) is 4.74 Å². The first kappa shape index (κ1) is 9.79. The van der Waals surface area contributed by atoms with Gasteiger partial charge >= 0.3 is 5.97 Å². The van der Waals surface area contributed by atoms with Gasteiger partial charge in [-0.2, -0.15) is 0 Å². The molecule has 0 amide bonds. The number of carbonyl (C=O) groups is 1. The Kier molecular flexibility index (Phi) is 2.04. The maximum Gasteiger partial charge on any atom is 0.334 e. The second-order valence-electron chi connectivity index (χ2n) is 3.43. The fraction of sp³-hybridized carbons (Fsp3) is 0.300. The molecule has 0 bridgehead atoms. The zero-order valence-electron chi connectivity index (χ0n) is 8.19. The first-order valence-electron chi connectivity index (χ1n) is 4.41. The summed E-state index contributed by atoms with van der Waals surface area (Å²) in [6.07, 6.45) is 0. The van der Waals surface area contributed by atoms with E-state index in [1.165, 1.54) is 19.2 Å². The summed E-state index contributed by atoms with van der Waals surface area (Å²) in [6.45, 7) is 0.0262. The molecule has 2 rings (SSSR count). The van der Waals surface area contributed by atoms with Crippen LogP contribution in [0.4, 0.5) is 0 Å². The largest absolute Gasteiger partial charge is 0.508 e. The zero-order chi connectivity index (χ0) is 11.1. The number of hydrogen-bond acceptors (Lipinski definition) is 5. The van der Waals surface area contributed by atoms with E-state index in [0.717, 1.165) is 0 Å². The van der Waals surface area contributed by atoms with E-state index in [0.29, 0.717) is 11.3 Å². The number of nitrogens with two attached hydrogens (primary N) is 1. The quantitative estimate of drug-likeness (QED) is 0.641. The van der Waals surface area contributed by atoms with Crippen molar-refractivity contribution in [1.82, 2.24) is 0 Å². The van der Waals surface area contributed by atoms with Gasteiger partial charge < -0.3 is 20.3 Å². The highest BCUT2D eigenvalue weighted by molar-refractivity contribution is 5.84. The molecular weight excluding hydrogens is 198 g/mol. The van der Waals surface area contributed by atoms with Crippen molar-refractivity contribution < 1.29 is 19.4 Å². The van der Waals surface area contributed by atoms with Crippen LogP contribution in [0.5, 0.6) is 11.5 Å². The first-order chi connectivity index (χ1) is 7.08. The third kappa shape index (κ3) is 1.32. The van der Waals surface area contributed by atoms with Gasteiger partial charge in [0.05, 0.1) is 7.11 Å². The summed E-state index contributed by atoms with van der Waals surface area (Å²) >= 11 is 0. The summed E-state index contributed by atoms with van der Waals surface area (Å²) < 4.78 is 9.85. The summed E-state index contributed by atoms with van der Waals surface area (Å²) in [4.78, 5) is 11.5. The molecule has 1 aliphatic rings. The molecule has 1 unspecified atom stereocenters. The molecule has 15 heavy (non-hydrogen) atoms. The maximum atomic E-state index is 11.5. The van der Waals surface area contributed by atoms with Gasteiger partial charge in [-0.3, -0.25) is 0 Å². The Morgan fingerprint density at radius 3 is 3.07 bits per heavy atom. The Bertz CT molecular complexity index is 418. The van der Waals surface area contributed by atoms with E-state index in [4.69, 9.17) is 10.5 Å². The fourth-order valence-electron chi connectivity index (χ4n) is 1.62. The van der Waals surface area contributed by atoms with Crippen LogP contribution in [0, 0.1) is 0 Å². The van der Waals surface area contributed by atoms with Crippen LogP contribution < -0.4 is 10.5 Å². The predicted octanol–water partition coefficient (Wildman–Crippen LogP) is 0.112. The van der Waals surface area contributed by atoms with E-state index in [1.807, 2.05) is 0 Å². The lowest BCUT2D eigenvalue weighted by Gasteiger charge is -2.18. The second-order valence-corrected chi connectivity index (χ2v) is 3.43. The molecule has 0 spiro atoms. The number of esters is 1. The number of fused-ring (bicyclic) bond motifs is 1. The van der Waals surface area contributed by atoms with Crippen LogP contribution in [0.15, 0.2) is 18.2 Å². The second kappa shape index (κ2) is 3.13. The van der Waals surface area contributed by atoms with Crippen LogP contribution >= 0.6 is 0 Å². The number of methoxy groups -OCH3 is 1. The van der Waals surface area contributed by atoms with E-state index < -0.39 is 11.5 Å². The highest BCUT2D eigenvalue weighted by atomic mass is 16.5. The molecule has 5 heteroatoms. The average molecular weight is 209 g/mol. The molecular formula is C10H11NO4. The molecule has 0 aliphatic carbocycles. The minimum absolute atomic E-state index is 0.0262. The molecule has 1 heterocycles. The average Bonchev–Trinajstić information content (AvgIpc) is 2.56. The summed E-state index contributed by atoms with van der Waals surface area (Å²) in [7, 11) is 1.27. The van der Waals surface area contributed by atoms with Crippen molar-refractivity contribution in [2.75, 3.05) is 13.7 Å². The highest BCUT2D eigenvalue weighted by Gasteiger charge is 2.45. The van der Waals surface area contributed by atoms with Gasteiger partial charge in [-0.05, 0) is 12.1 Å². The summed E-state index contributed by atoms with van der Waals surface area (Å²) in [6, 6.07) is 4.44. The minimum atomic E-state index is -1.27. The van der Waals surface area contributed by atoms with E-state index in [1.54, 1.807) is 6.07 Å². The topological polar surface area (TPSA) is 81.8 Å². The van der Waals surface area contributed by atoms with Crippen molar-refractivity contribution in [2.45, 2.75) is 5.54 Å². The first-order valence-corrected chi connectivity index (χ1v) is 4.41. The van der Waals surface area contributed by atoms with Crippen molar-refractivity contribution in [3.63, 3.8) is 0 Å². The van der Waals surface area contributed by atoms with Gasteiger partial charge in [0.2, 0.25) is 0 Å². The fourth-order valence-corrected chi connectivity index (χ4v) is 1.62. The number of phenols is 1. The predicted molar refractivity (Wildman–Crippen MR) is 51.5 cm³/mol. The number of rotatable bonds is 1. The van der Waals surface area contributed by atoms with Crippen molar-refractivity contribution in [3.8, 4) is 11.5 Å². The monoisotopic (exact) mass is 209 g/mol. The number of hydrogen-bond donors (Lipinski definition) is 2. The molecule has 1 aromatic carbocycles. The number of benzene rings is 1. The smallest absolute Gasteiger partial charge is 0.334 e. The number of carbonyl (C=O) groups excluding carboxylic acids is 1. The zero-order valence-corrected chi connectivity index (χ0v) is 8.19. The van der Waals surface area contributed by atoms with Crippen molar-refractivity contribution in [1.29, 1.82) is 0 Å². The van der Waals surface area contributed by atoms with Gasteiger partial charge in [0, 0.05) is 11.6 Å². The Balaban J connectivity index is 2.48. The van der Waals surface area contributed by atoms with Gasteiger partial charge in [-0.15, -0.1) is 0 Å². The van der Waals surface area contributed by atoms with Crippen molar-refractivity contribution in [2.24, 2.45) is 5.73 Å². The summed E-state index contributed by atoms with van der Waals surface area (Å²) in [5, 5.41) is 9.23. The molecule has 0 radical (unpaired) electrons. The lowest BCUT2D eigenvalue weighted by Crippen LogP contribution is -2.47. The Morgan fingerprint density at radius 2 is 2.40 bits per heavy atom. The standard InChI is InChI=1S/C10H11NO4/c1-14-9(13)10(11)5-15-8-4-6(12)2-3-7(8)10/h2-4,12H,5,11H2,1H3. The summed E-state index contributed by atoms with van der Waals surface area (Å²) in [5.41, 5.74) is 5.16. The molecule has 5 nitrogen and oxygen atoms in total. The Labute approximate surface area is 86.4 Å². The van der Waals surface area contributed by atoms with Crippen LogP contribution in [0.2, 0.25) is 0 Å². The van der Waals surface area contributed by atoms with Gasteiger partial charge in [0.15, 0.2) is 5.54 Å². The third-order valence-electron chi connectivity index (χ3n) is 2.45. The van der Waals surface area contributed by atoms with Crippen molar-refractivity contribution in [3.05, 3.63) is 23.8 Å². The highest BCUT2D eigenvalue weighted by Crippen LogP contribution is 2.38. The van der Waals surface area contributed by atoms with Crippen LogP contribution in [0.3, 0.4) is 0 Å². The normalized spacial score (nSPS) is 23.1. The molecule has 0 aromatic heterocycles. The number of phenolic OH excluding ortho intramolecular Hbond substituents is 1. The molecule has 80 valence electrons. The lowest BCUT2D eigenvalue weighted by molar-refractivity contribution is -0.147. The molecule has 1 atom stereocenters.